The number of hydrogen-bond donors (Lipinski definition) is 2. The minimum Gasteiger partial charge on any atom is -0.504 e. The first kappa shape index (κ1) is 18.6. The Morgan fingerprint density at radius 2 is 2.16 bits per heavy atom. The number of halogens is 1. The summed E-state index contributed by atoms with van der Waals surface area (Å²) in [6.45, 7) is 2.26. The standard InChI is InChI=1S/C18H19ClN2O4/c1-3-25-16-6-4-5-12(18(16)23)11-20-21-17(22)10-13-9-14(24-2)7-8-15(13)19/h4-9,11,23H,3,10H2,1-2H3,(H,21,22)/b20-11+. The Balaban J connectivity index is 2.00. The number of phenolic OH excluding ortho intramolecular Hbond substituents is 1. The fourth-order valence-electron chi connectivity index (χ4n) is 2.12. The van der Waals surface area contributed by atoms with Gasteiger partial charge in [0.25, 0.3) is 0 Å². The molecule has 2 aromatic rings. The molecule has 25 heavy (non-hydrogen) atoms. The van der Waals surface area contributed by atoms with Gasteiger partial charge in [0.1, 0.15) is 5.75 Å². The number of aromatic hydroxyl groups is 1. The molecule has 0 aromatic heterocycles. The van der Waals surface area contributed by atoms with Crippen LogP contribution in [0, 0.1) is 0 Å². The molecule has 0 unspecified atom stereocenters. The Kier molecular flexibility index (Phi) is 6.65. The van der Waals surface area contributed by atoms with E-state index in [2.05, 4.69) is 10.5 Å². The van der Waals surface area contributed by atoms with Gasteiger partial charge in [-0.15, -0.1) is 0 Å². The SMILES string of the molecule is CCOc1cccc(/C=N/NC(=O)Cc2cc(OC)ccc2Cl)c1O. The Labute approximate surface area is 151 Å². The van der Waals surface area contributed by atoms with Crippen LogP contribution in [0.15, 0.2) is 41.5 Å². The molecule has 0 aliphatic heterocycles. The smallest absolute Gasteiger partial charge is 0.244 e. The summed E-state index contributed by atoms with van der Waals surface area (Å²) in [7, 11) is 1.54. The van der Waals surface area contributed by atoms with Crippen LogP contribution < -0.4 is 14.9 Å². The van der Waals surface area contributed by atoms with Crippen LogP contribution in [0.4, 0.5) is 0 Å². The van der Waals surface area contributed by atoms with Crippen LogP contribution >= 0.6 is 11.6 Å². The summed E-state index contributed by atoms with van der Waals surface area (Å²) in [6, 6.07) is 10.1. The number of methoxy groups -OCH3 is 1. The molecule has 2 aromatic carbocycles. The number of nitrogens with zero attached hydrogens (tertiary/aromatic N) is 1. The zero-order valence-electron chi connectivity index (χ0n) is 14.0. The average Bonchev–Trinajstić information content (AvgIpc) is 2.60. The van der Waals surface area contributed by atoms with E-state index in [-0.39, 0.29) is 18.1 Å². The lowest BCUT2D eigenvalue weighted by Crippen LogP contribution is -2.20. The second-order valence-corrected chi connectivity index (χ2v) is 5.46. The Morgan fingerprint density at radius 3 is 2.88 bits per heavy atom. The van der Waals surface area contributed by atoms with Crippen LogP contribution in [0.2, 0.25) is 5.02 Å². The molecule has 6 nitrogen and oxygen atoms in total. The summed E-state index contributed by atoms with van der Waals surface area (Å²) in [5.41, 5.74) is 3.47. The zero-order chi connectivity index (χ0) is 18.2. The largest absolute Gasteiger partial charge is 0.504 e. The molecule has 0 radical (unpaired) electrons. The first-order valence-electron chi connectivity index (χ1n) is 7.64. The van der Waals surface area contributed by atoms with Gasteiger partial charge >= 0.3 is 0 Å². The van der Waals surface area contributed by atoms with E-state index in [0.717, 1.165) is 0 Å². The third-order valence-corrected chi connectivity index (χ3v) is 3.70. The Hall–Kier alpha value is -2.73. The molecule has 0 atom stereocenters. The van der Waals surface area contributed by atoms with Gasteiger partial charge in [0.15, 0.2) is 11.5 Å². The number of para-hydroxylation sites is 1. The lowest BCUT2D eigenvalue weighted by atomic mass is 10.1. The molecule has 0 aliphatic rings. The first-order chi connectivity index (χ1) is 12.0. The number of nitrogens with one attached hydrogen (secondary N) is 1. The molecule has 0 bridgehead atoms. The van der Waals surface area contributed by atoms with E-state index in [1.165, 1.54) is 6.21 Å². The van der Waals surface area contributed by atoms with Gasteiger partial charge in [-0.2, -0.15) is 5.10 Å². The van der Waals surface area contributed by atoms with Crippen molar-refractivity contribution in [1.29, 1.82) is 0 Å². The van der Waals surface area contributed by atoms with Gasteiger partial charge in [0.2, 0.25) is 5.91 Å². The minimum atomic E-state index is -0.341. The topological polar surface area (TPSA) is 80.2 Å². The predicted molar refractivity (Wildman–Crippen MR) is 96.7 cm³/mol. The van der Waals surface area contributed by atoms with Crippen molar-refractivity contribution < 1.29 is 19.4 Å². The van der Waals surface area contributed by atoms with Crippen molar-refractivity contribution in [1.82, 2.24) is 5.43 Å². The number of benzene rings is 2. The van der Waals surface area contributed by atoms with E-state index >= 15 is 0 Å². The van der Waals surface area contributed by atoms with Crippen LogP contribution in [0.1, 0.15) is 18.1 Å². The van der Waals surface area contributed by atoms with Gasteiger partial charge in [-0.3, -0.25) is 4.79 Å². The monoisotopic (exact) mass is 362 g/mol. The van der Waals surface area contributed by atoms with E-state index in [0.29, 0.717) is 34.3 Å². The number of carbonyl (C=O) groups is 1. The summed E-state index contributed by atoms with van der Waals surface area (Å²) in [5, 5.41) is 14.4. The lowest BCUT2D eigenvalue weighted by molar-refractivity contribution is -0.120. The molecular weight excluding hydrogens is 344 g/mol. The van der Waals surface area contributed by atoms with Crippen molar-refractivity contribution >= 4 is 23.7 Å². The van der Waals surface area contributed by atoms with Gasteiger partial charge < -0.3 is 14.6 Å². The number of ether oxygens (including phenoxy) is 2. The maximum Gasteiger partial charge on any atom is 0.244 e. The fourth-order valence-corrected chi connectivity index (χ4v) is 2.30. The summed E-state index contributed by atoms with van der Waals surface area (Å²) in [6.07, 6.45) is 1.40. The van der Waals surface area contributed by atoms with Gasteiger partial charge in [0.05, 0.1) is 26.4 Å². The van der Waals surface area contributed by atoms with Crippen molar-refractivity contribution in [2.24, 2.45) is 5.10 Å². The lowest BCUT2D eigenvalue weighted by Gasteiger charge is -2.07. The summed E-state index contributed by atoms with van der Waals surface area (Å²) < 4.78 is 10.4. The second-order valence-electron chi connectivity index (χ2n) is 5.05. The molecule has 2 N–H and O–H groups in total. The molecule has 0 aliphatic carbocycles. The molecule has 2 rings (SSSR count). The quantitative estimate of drug-likeness (QED) is 0.585. The first-order valence-corrected chi connectivity index (χ1v) is 8.02. The van der Waals surface area contributed by atoms with Gasteiger partial charge in [-0.05, 0) is 42.8 Å². The zero-order valence-corrected chi connectivity index (χ0v) is 14.7. The van der Waals surface area contributed by atoms with Gasteiger partial charge in [0, 0.05) is 10.6 Å². The van der Waals surface area contributed by atoms with Gasteiger partial charge in [-0.1, -0.05) is 17.7 Å². The molecule has 0 heterocycles. The van der Waals surface area contributed by atoms with E-state index in [9.17, 15) is 9.90 Å². The van der Waals surface area contributed by atoms with Gasteiger partial charge in [-0.25, -0.2) is 5.43 Å². The molecular formula is C18H19ClN2O4. The summed E-state index contributed by atoms with van der Waals surface area (Å²) in [5.74, 6) is 0.611. The van der Waals surface area contributed by atoms with Crippen LogP contribution in [-0.2, 0) is 11.2 Å². The predicted octanol–water partition coefficient (Wildman–Crippen LogP) is 3.15. The Bertz CT molecular complexity index is 778. The molecule has 0 saturated heterocycles. The fraction of sp³-hybridized carbons (Fsp3) is 0.222. The van der Waals surface area contributed by atoms with Crippen LogP contribution in [0.3, 0.4) is 0 Å². The highest BCUT2D eigenvalue weighted by molar-refractivity contribution is 6.31. The van der Waals surface area contributed by atoms with E-state index < -0.39 is 0 Å². The molecule has 1 amide bonds. The number of carbonyl (C=O) groups excluding carboxylic acids is 1. The molecule has 7 heteroatoms. The van der Waals surface area contributed by atoms with Crippen LogP contribution in [-0.4, -0.2) is 30.9 Å². The maximum atomic E-state index is 12.0. The number of amides is 1. The van der Waals surface area contributed by atoms with E-state index in [4.69, 9.17) is 21.1 Å². The number of rotatable bonds is 7. The molecule has 0 spiro atoms. The van der Waals surface area contributed by atoms with E-state index in [1.54, 1.807) is 43.5 Å². The molecule has 132 valence electrons. The van der Waals surface area contributed by atoms with Crippen molar-refractivity contribution in [3.8, 4) is 17.2 Å². The highest BCUT2D eigenvalue weighted by atomic mass is 35.5. The van der Waals surface area contributed by atoms with Crippen molar-refractivity contribution in [3.05, 3.63) is 52.5 Å². The highest BCUT2D eigenvalue weighted by Crippen LogP contribution is 2.28. The van der Waals surface area contributed by atoms with Crippen LogP contribution in [0.5, 0.6) is 17.2 Å². The van der Waals surface area contributed by atoms with Crippen molar-refractivity contribution in [3.63, 3.8) is 0 Å². The molecule has 0 fully saturated rings. The third kappa shape index (κ3) is 5.12. The number of hydrogen-bond acceptors (Lipinski definition) is 5. The third-order valence-electron chi connectivity index (χ3n) is 3.33. The molecule has 0 saturated carbocycles. The number of phenols is 1. The van der Waals surface area contributed by atoms with Crippen molar-refractivity contribution in [2.45, 2.75) is 13.3 Å². The maximum absolute atomic E-state index is 12.0. The van der Waals surface area contributed by atoms with Crippen molar-refractivity contribution in [2.75, 3.05) is 13.7 Å². The van der Waals surface area contributed by atoms with E-state index in [1.807, 2.05) is 6.92 Å². The second kappa shape index (κ2) is 8.94. The van der Waals surface area contributed by atoms with Crippen LogP contribution in [0.25, 0.3) is 0 Å². The Morgan fingerprint density at radius 1 is 1.36 bits per heavy atom. The number of hydrazone groups is 1. The normalized spacial score (nSPS) is 10.7. The summed E-state index contributed by atoms with van der Waals surface area (Å²) >= 11 is 6.07. The summed E-state index contributed by atoms with van der Waals surface area (Å²) in [4.78, 5) is 12.0. The average molecular weight is 363 g/mol. The highest BCUT2D eigenvalue weighted by Gasteiger charge is 2.09. The minimum absolute atomic E-state index is 0.0295.